The molecule has 1 aromatic carbocycles. The van der Waals surface area contributed by atoms with Crippen LogP contribution in [-0.2, 0) is 14.3 Å². The van der Waals surface area contributed by atoms with Crippen molar-refractivity contribution in [2.24, 2.45) is 29.6 Å². The van der Waals surface area contributed by atoms with Gasteiger partial charge >= 0.3 is 12.6 Å². The second kappa shape index (κ2) is 7.44. The Labute approximate surface area is 156 Å². The lowest BCUT2D eigenvalue weighted by atomic mass is 9.52. The first kappa shape index (κ1) is 18.2. The third-order valence-corrected chi connectivity index (χ3v) is 6.22. The van der Waals surface area contributed by atoms with Gasteiger partial charge in [-0.25, -0.2) is 0 Å². The van der Waals surface area contributed by atoms with Gasteiger partial charge in [0.05, 0.1) is 11.6 Å². The minimum Gasteiger partial charge on any atom is -0.455 e. The van der Waals surface area contributed by atoms with Gasteiger partial charge in [-0.1, -0.05) is 12.1 Å². The second-order valence-electron chi connectivity index (χ2n) is 7.99. The van der Waals surface area contributed by atoms with Crippen molar-refractivity contribution < 1.29 is 27.8 Å². The summed E-state index contributed by atoms with van der Waals surface area (Å²) in [6.07, 6.45) is 5.68. The van der Waals surface area contributed by atoms with Crippen molar-refractivity contribution in [2.45, 2.75) is 38.7 Å². The number of anilines is 1. The van der Waals surface area contributed by atoms with E-state index < -0.39 is 19.1 Å². The molecule has 1 aromatic rings. The van der Waals surface area contributed by atoms with Gasteiger partial charge in [-0.2, -0.15) is 8.78 Å². The molecule has 0 aliphatic heterocycles. The number of rotatable bonds is 6. The molecule has 0 unspecified atom stereocenters. The van der Waals surface area contributed by atoms with Gasteiger partial charge in [0.1, 0.15) is 5.75 Å². The van der Waals surface area contributed by atoms with Crippen molar-refractivity contribution in [1.82, 2.24) is 0 Å². The summed E-state index contributed by atoms with van der Waals surface area (Å²) in [6.45, 7) is -3.41. The lowest BCUT2D eigenvalue weighted by molar-refractivity contribution is -0.164. The quantitative estimate of drug-likeness (QED) is 0.763. The molecule has 4 saturated carbocycles. The topological polar surface area (TPSA) is 64.6 Å². The first-order valence-electron chi connectivity index (χ1n) is 9.50. The average Bonchev–Trinajstić information content (AvgIpc) is 2.60. The number of carbonyl (C=O) groups is 2. The van der Waals surface area contributed by atoms with Crippen molar-refractivity contribution in [3.8, 4) is 5.75 Å². The van der Waals surface area contributed by atoms with Crippen LogP contribution in [0.3, 0.4) is 0 Å². The van der Waals surface area contributed by atoms with Crippen LogP contribution in [0.5, 0.6) is 5.75 Å². The lowest BCUT2D eigenvalue weighted by Gasteiger charge is -2.53. The fraction of sp³-hybridized carbons (Fsp3) is 0.600. The molecule has 5 nitrogen and oxygen atoms in total. The highest BCUT2D eigenvalue weighted by Gasteiger charge is 2.51. The number of benzene rings is 1. The Hall–Kier alpha value is -2.18. The van der Waals surface area contributed by atoms with Gasteiger partial charge in [0.15, 0.2) is 6.61 Å². The maximum Gasteiger partial charge on any atom is 0.387 e. The van der Waals surface area contributed by atoms with E-state index in [1.54, 1.807) is 6.07 Å². The van der Waals surface area contributed by atoms with E-state index in [9.17, 15) is 18.4 Å². The lowest BCUT2D eigenvalue weighted by Crippen LogP contribution is -2.48. The van der Waals surface area contributed by atoms with Gasteiger partial charge in [0, 0.05) is 0 Å². The van der Waals surface area contributed by atoms with E-state index >= 15 is 0 Å². The molecule has 4 bridgehead atoms. The molecule has 0 heterocycles. The van der Waals surface area contributed by atoms with Gasteiger partial charge in [0.25, 0.3) is 5.91 Å². The van der Waals surface area contributed by atoms with E-state index in [1.807, 2.05) is 0 Å². The molecule has 7 heteroatoms. The maximum absolute atomic E-state index is 12.6. The predicted octanol–water partition coefficient (Wildman–Crippen LogP) is 3.84. The van der Waals surface area contributed by atoms with E-state index in [0.717, 1.165) is 37.5 Å². The van der Waals surface area contributed by atoms with Gasteiger partial charge in [-0.3, -0.25) is 9.59 Å². The predicted molar refractivity (Wildman–Crippen MR) is 93.2 cm³/mol. The highest BCUT2D eigenvalue weighted by molar-refractivity contribution is 5.94. The molecule has 1 N–H and O–H groups in total. The largest absolute Gasteiger partial charge is 0.455 e. The monoisotopic (exact) mass is 379 g/mol. The van der Waals surface area contributed by atoms with Crippen LogP contribution in [0, 0.1) is 29.6 Å². The van der Waals surface area contributed by atoms with Crippen molar-refractivity contribution in [3.63, 3.8) is 0 Å². The van der Waals surface area contributed by atoms with Gasteiger partial charge in [-0.15, -0.1) is 0 Å². The summed E-state index contributed by atoms with van der Waals surface area (Å²) in [6, 6.07) is 5.91. The van der Waals surface area contributed by atoms with E-state index in [4.69, 9.17) is 4.74 Å². The molecule has 1 amide bonds. The molecule has 0 saturated heterocycles. The fourth-order valence-electron chi connectivity index (χ4n) is 5.50. The Bertz CT molecular complexity index is 696. The molecule has 0 atom stereocenters. The molecule has 4 fully saturated rings. The summed E-state index contributed by atoms with van der Waals surface area (Å²) in [5.74, 6) is 1.19. The number of alkyl halides is 2. The molecule has 0 spiro atoms. The number of esters is 1. The third kappa shape index (κ3) is 3.92. The maximum atomic E-state index is 12.6. The fourth-order valence-corrected chi connectivity index (χ4v) is 5.50. The minimum absolute atomic E-state index is 0.0972. The molecule has 5 rings (SSSR count). The molecule has 0 aromatic heterocycles. The van der Waals surface area contributed by atoms with Crippen molar-refractivity contribution in [2.75, 3.05) is 11.9 Å². The number of halogens is 2. The zero-order valence-electron chi connectivity index (χ0n) is 14.9. The van der Waals surface area contributed by atoms with Crippen LogP contribution in [0.15, 0.2) is 24.3 Å². The third-order valence-electron chi connectivity index (χ3n) is 6.22. The second-order valence-corrected chi connectivity index (χ2v) is 7.99. The van der Waals surface area contributed by atoms with Crippen molar-refractivity contribution >= 4 is 17.6 Å². The summed E-state index contributed by atoms with van der Waals surface area (Å²) in [5, 5.41) is 2.46. The Morgan fingerprint density at radius 3 is 2.30 bits per heavy atom. The van der Waals surface area contributed by atoms with Crippen LogP contribution in [0.25, 0.3) is 0 Å². The van der Waals surface area contributed by atoms with Crippen LogP contribution >= 0.6 is 0 Å². The number of amides is 1. The van der Waals surface area contributed by atoms with Gasteiger partial charge < -0.3 is 14.8 Å². The van der Waals surface area contributed by atoms with Crippen LogP contribution in [0.1, 0.15) is 32.1 Å². The number of hydrogen-bond acceptors (Lipinski definition) is 4. The standard InChI is InChI=1S/C20H23F2NO4/c21-20(22)27-16-4-2-1-3-15(16)23-17(24)10-26-19(25)18-13-6-11-5-12(8-13)9-14(18)7-11/h1-4,11-14,18,20H,5-10H2,(H,23,24). The first-order valence-corrected chi connectivity index (χ1v) is 9.50. The minimum atomic E-state index is -2.99. The Kier molecular flexibility index (Phi) is 5.02. The van der Waals surface area contributed by atoms with E-state index in [0.29, 0.717) is 11.8 Å². The Morgan fingerprint density at radius 2 is 1.67 bits per heavy atom. The zero-order chi connectivity index (χ0) is 19.0. The molecule has 4 aliphatic rings. The average molecular weight is 379 g/mol. The summed E-state index contributed by atoms with van der Waals surface area (Å²) in [5.41, 5.74) is 0.119. The van der Waals surface area contributed by atoms with Crippen LogP contribution in [-0.4, -0.2) is 25.1 Å². The van der Waals surface area contributed by atoms with Crippen LogP contribution in [0.4, 0.5) is 14.5 Å². The Balaban J connectivity index is 1.32. The molecule has 4 aliphatic carbocycles. The van der Waals surface area contributed by atoms with Crippen LogP contribution in [0.2, 0.25) is 0 Å². The summed E-state index contributed by atoms with van der Waals surface area (Å²) >= 11 is 0. The SMILES string of the molecule is O=C(COC(=O)C1C2CC3CC(C2)CC1C3)Nc1ccccc1OC(F)F. The van der Waals surface area contributed by atoms with Gasteiger partial charge in [0.2, 0.25) is 0 Å². The molecule has 146 valence electrons. The van der Waals surface area contributed by atoms with Gasteiger partial charge in [-0.05, 0) is 67.9 Å². The van der Waals surface area contributed by atoms with E-state index in [2.05, 4.69) is 10.1 Å². The van der Waals surface area contributed by atoms with Crippen molar-refractivity contribution in [3.05, 3.63) is 24.3 Å². The normalized spacial score (nSPS) is 31.0. The van der Waals surface area contributed by atoms with E-state index in [-0.39, 0.29) is 23.3 Å². The molecule has 27 heavy (non-hydrogen) atoms. The number of nitrogens with one attached hydrogen (secondary N) is 1. The zero-order valence-corrected chi connectivity index (χ0v) is 14.9. The molecular weight excluding hydrogens is 356 g/mol. The smallest absolute Gasteiger partial charge is 0.387 e. The number of hydrogen-bond donors (Lipinski definition) is 1. The first-order chi connectivity index (χ1) is 13.0. The Morgan fingerprint density at radius 1 is 1.04 bits per heavy atom. The summed E-state index contributed by atoms with van der Waals surface area (Å²) in [7, 11) is 0. The number of para-hydroxylation sites is 2. The van der Waals surface area contributed by atoms with Crippen LogP contribution < -0.4 is 10.1 Å². The van der Waals surface area contributed by atoms with E-state index in [1.165, 1.54) is 24.6 Å². The summed E-state index contributed by atoms with van der Waals surface area (Å²) < 4.78 is 34.5. The molecular formula is C20H23F2NO4. The molecule has 0 radical (unpaired) electrons. The highest BCUT2D eigenvalue weighted by Crippen LogP contribution is 2.56. The number of ether oxygens (including phenoxy) is 2. The number of carbonyl (C=O) groups excluding carboxylic acids is 2. The van der Waals surface area contributed by atoms with Crippen molar-refractivity contribution in [1.29, 1.82) is 0 Å². The summed E-state index contributed by atoms with van der Waals surface area (Å²) in [4.78, 5) is 24.7. The highest BCUT2D eigenvalue weighted by atomic mass is 19.3.